The van der Waals surface area contributed by atoms with Crippen molar-refractivity contribution < 1.29 is 58.2 Å². The number of carbonyl (C=O) groups excluding carboxylic acids is 8. The van der Waals surface area contributed by atoms with E-state index in [1.165, 1.54) is 12.1 Å². The highest BCUT2D eigenvalue weighted by molar-refractivity contribution is 5.98. The Labute approximate surface area is 449 Å². The molecule has 1 aliphatic rings. The molecule has 1 aliphatic heterocycles. The number of Topliss-reactive ketones (excluding diaryl/α,β-unsaturated/α-hetero) is 2. The predicted molar refractivity (Wildman–Crippen MR) is 286 cm³/mol. The van der Waals surface area contributed by atoms with E-state index >= 15 is 0 Å². The number of hydrogen-bond acceptors (Lipinski definition) is 12. The van der Waals surface area contributed by atoms with E-state index in [1.807, 2.05) is 18.2 Å². The fourth-order valence-electron chi connectivity index (χ4n) is 8.81. The van der Waals surface area contributed by atoms with Crippen LogP contribution in [-0.2, 0) is 60.8 Å². The lowest BCUT2D eigenvalue weighted by atomic mass is 9.83. The van der Waals surface area contributed by atoms with Crippen LogP contribution in [0.4, 0.5) is 5.69 Å². The number of nitrogens with one attached hydrogen (secondary N) is 7. The van der Waals surface area contributed by atoms with Crippen LogP contribution < -0.4 is 54.8 Å². The largest absolute Gasteiger partial charge is 0.481 e. The Morgan fingerprint density at radius 3 is 2.10 bits per heavy atom. The van der Waals surface area contributed by atoms with Crippen LogP contribution in [0, 0.1) is 18.4 Å². The van der Waals surface area contributed by atoms with Crippen molar-refractivity contribution >= 4 is 87.5 Å². The summed E-state index contributed by atoms with van der Waals surface area (Å²) in [4.78, 5) is 151. The summed E-state index contributed by atoms with van der Waals surface area (Å²) in [7, 11) is 0. The molecule has 2 heterocycles. The lowest BCUT2D eigenvalue weighted by Gasteiger charge is -2.27. The maximum atomic E-state index is 14.8. The summed E-state index contributed by atoms with van der Waals surface area (Å²) in [5.74, 6) is -11.7. The first-order valence-corrected chi connectivity index (χ1v) is 25.5. The molecule has 2 aromatic carbocycles. The summed E-state index contributed by atoms with van der Waals surface area (Å²) in [5, 5.41) is 36.1. The molecule has 0 spiro atoms. The number of aromatic nitrogens is 1. The maximum absolute atomic E-state index is 14.8. The number of nitrogens with two attached hydrogens (primary N) is 4. The molecule has 0 saturated carbocycles. The Bertz CT molecular complexity index is 2730. The molecule has 3 aromatic rings. The number of para-hydroxylation sites is 1. The molecule has 0 aliphatic carbocycles. The second-order valence-corrected chi connectivity index (χ2v) is 19.0. The third-order valence-electron chi connectivity index (χ3n) is 12.9. The van der Waals surface area contributed by atoms with Gasteiger partial charge in [0.25, 0.3) is 0 Å². The van der Waals surface area contributed by atoms with E-state index in [1.54, 1.807) is 24.4 Å². The third kappa shape index (κ3) is 21.0. The van der Waals surface area contributed by atoms with Crippen LogP contribution in [0.3, 0.4) is 0 Å². The van der Waals surface area contributed by atoms with Gasteiger partial charge in [-0.1, -0.05) is 42.5 Å². The van der Waals surface area contributed by atoms with Crippen LogP contribution in [0.25, 0.3) is 15.7 Å². The normalized spacial score (nSPS) is 20.8. The van der Waals surface area contributed by atoms with Crippen LogP contribution in [0.15, 0.2) is 64.7 Å². The van der Waals surface area contributed by atoms with Gasteiger partial charge in [-0.2, -0.15) is 0 Å². The first-order valence-electron chi connectivity index (χ1n) is 25.5. The number of aliphatic imine (C=N–C) groups is 2. The first kappa shape index (κ1) is 61.7. The van der Waals surface area contributed by atoms with Gasteiger partial charge in [-0.05, 0) is 81.4 Å². The zero-order chi connectivity index (χ0) is 57.3. The van der Waals surface area contributed by atoms with Crippen molar-refractivity contribution in [2.75, 3.05) is 19.6 Å². The molecule has 6 amide bonds. The van der Waals surface area contributed by atoms with Gasteiger partial charge in [0.15, 0.2) is 23.4 Å². The number of hydrogen-bond donors (Lipinski definition) is 13. The smallest absolute Gasteiger partial charge is 0.326 e. The van der Waals surface area contributed by atoms with E-state index < -0.39 is 140 Å². The molecular weight excluding hydrogens is 1010 g/mol. The number of amides is 6. The molecule has 0 radical (unpaired) electrons. The van der Waals surface area contributed by atoms with Crippen molar-refractivity contribution in [3.05, 3.63) is 77.3 Å². The average molecular weight is 1080 g/mol. The van der Waals surface area contributed by atoms with E-state index in [0.717, 1.165) is 17.8 Å². The second-order valence-electron chi connectivity index (χ2n) is 19.0. The number of carbonyl (C=O) groups is 10. The highest BCUT2D eigenvalue weighted by atomic mass is 16.4. The summed E-state index contributed by atoms with van der Waals surface area (Å²) >= 11 is 0. The maximum Gasteiger partial charge on any atom is 0.326 e. The Morgan fingerprint density at radius 1 is 0.782 bits per heavy atom. The van der Waals surface area contributed by atoms with Gasteiger partial charge in [0.05, 0.1) is 12.6 Å². The van der Waals surface area contributed by atoms with Gasteiger partial charge in [0, 0.05) is 81.2 Å². The molecule has 420 valence electrons. The number of rotatable bonds is 19. The van der Waals surface area contributed by atoms with Crippen molar-refractivity contribution in [3.8, 4) is 0 Å². The van der Waals surface area contributed by atoms with E-state index in [4.69, 9.17) is 29.5 Å². The van der Waals surface area contributed by atoms with E-state index in [0.29, 0.717) is 11.1 Å². The topological polar surface area (TPSA) is 432 Å². The molecule has 78 heavy (non-hydrogen) atoms. The van der Waals surface area contributed by atoms with Gasteiger partial charge < -0.3 is 70.0 Å². The Balaban J connectivity index is 1.81. The number of aliphatic carboxylic acids is 2. The molecule has 1 aromatic heterocycles. The van der Waals surface area contributed by atoms with Crippen LogP contribution in [0.2, 0.25) is 0 Å². The molecule has 26 heteroatoms. The number of H-pyrrole nitrogens is 1. The van der Waals surface area contributed by atoms with Crippen molar-refractivity contribution in [2.24, 2.45) is 44.8 Å². The third-order valence-corrected chi connectivity index (χ3v) is 12.9. The number of carboxylic acid groups (broad SMARTS) is 2. The fraction of sp³-hybridized carbons (Fsp3) is 0.481. The van der Waals surface area contributed by atoms with Gasteiger partial charge >= 0.3 is 11.9 Å². The standard InChI is InChI=1S/C52H70N14O12/c1-29(67)62-37(11-6-23-60-52(55)56)47(74)63-38-17-19-44(70)58-21-7-12-40(50(77)78)65-46(73)32(25-33-28-61-36-10-4-3-9-35(33)36)27-42(68)31(8-5-22-59-51(53)54)26-43(69)41(24-30-13-15-34(57-2)16-14-30)66-49(76)39(64-48(38)75)18-20-45(71)72/h3-4,9-10,13-16,28,31-32,37-41,61H,5-8,11-12,17-27H2,1H3,(H,58,70)(H,62,67)(H,63,74)(H,64,75)(H,65,73)(H,66,76)(H,71,72)(H,77,78)(H4,53,54,59)(H4,55,56,60)/t31-,32-,37+,38+,39+,40+,41-/m1/s1. The SMILES string of the molecule is [C-]#[N+]c1ccc(C[C@H]2NC(=O)[C@H](CCC(=O)O)NC(=O)[C@@H](NC(=O)[C@H](CCCN=C(N)N)NC(C)=O)CCC(=O)NCCC[C@@H](C(=O)O)NC(=O)[C@H](Cc3c[nH]c4ccccc34)CC(=O)[C@H](CCCN=C(N)N)CC2=O)cc1. The number of guanidine groups is 2. The highest BCUT2D eigenvalue weighted by Gasteiger charge is 2.35. The highest BCUT2D eigenvalue weighted by Crippen LogP contribution is 2.26. The van der Waals surface area contributed by atoms with Crippen molar-refractivity contribution in [1.82, 2.24) is 36.9 Å². The minimum atomic E-state index is -1.68. The monoisotopic (exact) mass is 1080 g/mol. The number of ketones is 2. The van der Waals surface area contributed by atoms with E-state index in [9.17, 15) is 58.2 Å². The minimum Gasteiger partial charge on any atom is -0.481 e. The molecule has 0 unspecified atom stereocenters. The average Bonchev–Trinajstić information content (AvgIpc) is 3.82. The molecule has 17 N–H and O–H groups in total. The zero-order valence-corrected chi connectivity index (χ0v) is 43.4. The van der Waals surface area contributed by atoms with Crippen molar-refractivity contribution in [3.63, 3.8) is 0 Å². The summed E-state index contributed by atoms with van der Waals surface area (Å²) < 4.78 is 0. The molecule has 26 nitrogen and oxygen atoms in total. The van der Waals surface area contributed by atoms with Gasteiger partial charge in [-0.15, -0.1) is 0 Å². The van der Waals surface area contributed by atoms with Gasteiger partial charge in [0.1, 0.15) is 30.0 Å². The molecular formula is C52H70N14O12. The number of fused-ring (bicyclic) bond motifs is 1. The minimum absolute atomic E-state index is 0.0100. The van der Waals surface area contributed by atoms with Gasteiger partial charge in [0.2, 0.25) is 35.4 Å². The molecule has 1 fully saturated rings. The number of aromatic amines is 1. The van der Waals surface area contributed by atoms with Crippen molar-refractivity contribution in [2.45, 2.75) is 127 Å². The predicted octanol–water partition coefficient (Wildman–Crippen LogP) is -0.155. The molecule has 4 rings (SSSR count). The van der Waals surface area contributed by atoms with Gasteiger partial charge in [-0.25, -0.2) is 9.64 Å². The zero-order valence-electron chi connectivity index (χ0n) is 43.4. The number of carboxylic acids is 2. The van der Waals surface area contributed by atoms with E-state index in [-0.39, 0.29) is 88.6 Å². The van der Waals surface area contributed by atoms with Crippen LogP contribution >= 0.6 is 0 Å². The quantitative estimate of drug-likeness (QED) is 0.0321. The lowest BCUT2D eigenvalue weighted by Crippen LogP contribution is -2.58. The second kappa shape index (κ2) is 31.2. The molecule has 0 bridgehead atoms. The molecule has 1 saturated heterocycles. The van der Waals surface area contributed by atoms with Crippen LogP contribution in [0.5, 0.6) is 0 Å². The summed E-state index contributed by atoms with van der Waals surface area (Å²) in [5.41, 5.74) is 24.1. The van der Waals surface area contributed by atoms with Crippen molar-refractivity contribution in [1.29, 1.82) is 0 Å². The molecule has 7 atom stereocenters. The van der Waals surface area contributed by atoms with Crippen LogP contribution in [0.1, 0.15) is 95.1 Å². The Morgan fingerprint density at radius 2 is 1.45 bits per heavy atom. The summed E-state index contributed by atoms with van der Waals surface area (Å²) in [6.45, 7) is 8.59. The Hall–Kier alpha value is -8.89. The number of nitrogens with zero attached hydrogens (tertiary/aromatic N) is 3. The van der Waals surface area contributed by atoms with E-state index in [2.05, 4.69) is 51.7 Å². The lowest BCUT2D eigenvalue weighted by molar-refractivity contribution is -0.143. The Kier molecular flexibility index (Phi) is 24.7. The van der Waals surface area contributed by atoms with Gasteiger partial charge in [-0.3, -0.25) is 53.1 Å². The summed E-state index contributed by atoms with van der Waals surface area (Å²) in [6.07, 6.45) is -1.38. The van der Waals surface area contributed by atoms with Crippen LogP contribution in [-0.4, -0.2) is 136 Å². The fourth-order valence-corrected chi connectivity index (χ4v) is 8.81. The number of benzene rings is 2. The first-order chi connectivity index (χ1) is 37.1. The summed E-state index contributed by atoms with van der Waals surface area (Å²) in [6, 6.07) is 5.85.